The number of rotatable bonds is 2. The molecule has 0 aliphatic carbocycles. The van der Waals surface area contributed by atoms with E-state index in [1.807, 2.05) is 6.92 Å². The Kier molecular flexibility index (Phi) is 2.05. The molecule has 1 rings (SSSR count). The van der Waals surface area contributed by atoms with E-state index in [9.17, 15) is 0 Å². The molecule has 1 heterocycles. The monoisotopic (exact) mass is 146 g/mol. The zero-order valence-corrected chi connectivity index (χ0v) is 5.85. The van der Waals surface area contributed by atoms with Crippen molar-refractivity contribution in [1.82, 2.24) is 10.1 Å². The molecule has 1 aromatic rings. The molecule has 0 bridgehead atoms. The molecule has 0 N–H and O–H groups in total. The highest BCUT2D eigenvalue weighted by Gasteiger charge is 1.99. The first-order valence-electron chi connectivity index (χ1n) is 2.81. The Labute approximate surface area is 58.0 Å². The average molecular weight is 147 g/mol. The fourth-order valence-corrected chi connectivity index (χ4v) is 0.678. The number of hydrogen-bond donors (Lipinski definition) is 0. The quantitative estimate of drug-likeness (QED) is 0.637. The predicted molar refractivity (Wildman–Crippen MR) is 33.3 cm³/mol. The lowest BCUT2D eigenvalue weighted by atomic mass is 10.3. The zero-order chi connectivity index (χ0) is 6.69. The lowest BCUT2D eigenvalue weighted by Gasteiger charge is -1.81. The summed E-state index contributed by atoms with van der Waals surface area (Å²) in [6.07, 6.45) is 1.80. The molecule has 50 valence electrons. The van der Waals surface area contributed by atoms with Gasteiger partial charge in [0.15, 0.2) is 0 Å². The second-order valence-corrected chi connectivity index (χ2v) is 2.05. The van der Waals surface area contributed by atoms with Crippen molar-refractivity contribution in [2.75, 3.05) is 0 Å². The van der Waals surface area contributed by atoms with Crippen molar-refractivity contribution in [2.45, 2.75) is 19.8 Å². The predicted octanol–water partition coefficient (Wildman–Crippen LogP) is 1.68. The van der Waals surface area contributed by atoms with Gasteiger partial charge in [0.1, 0.15) is 0 Å². The zero-order valence-electron chi connectivity index (χ0n) is 5.09. The van der Waals surface area contributed by atoms with Crippen LogP contribution in [0.2, 0.25) is 5.28 Å². The summed E-state index contributed by atoms with van der Waals surface area (Å²) in [7, 11) is 0. The molecule has 3 nitrogen and oxygen atoms in total. The molecule has 0 spiro atoms. The number of aromatic nitrogens is 2. The summed E-state index contributed by atoms with van der Waals surface area (Å²) >= 11 is 5.38. The molecule has 9 heavy (non-hydrogen) atoms. The standard InChI is InChI=1S/C5H7ClN2O/c1-2-3-4-7-5(6)8-9-4/h2-3H2,1H3. The van der Waals surface area contributed by atoms with Crippen molar-refractivity contribution in [3.05, 3.63) is 11.2 Å². The van der Waals surface area contributed by atoms with Gasteiger partial charge in [-0.25, -0.2) is 0 Å². The van der Waals surface area contributed by atoms with E-state index in [4.69, 9.17) is 16.1 Å². The second-order valence-electron chi connectivity index (χ2n) is 1.71. The van der Waals surface area contributed by atoms with Gasteiger partial charge in [0.05, 0.1) is 0 Å². The van der Waals surface area contributed by atoms with Crippen LogP contribution < -0.4 is 0 Å². The Bertz CT molecular complexity index is 187. The molecular weight excluding hydrogens is 140 g/mol. The van der Waals surface area contributed by atoms with Gasteiger partial charge in [0.25, 0.3) is 5.28 Å². The van der Waals surface area contributed by atoms with Gasteiger partial charge >= 0.3 is 0 Å². The second kappa shape index (κ2) is 2.82. The van der Waals surface area contributed by atoms with Crippen LogP contribution in [-0.4, -0.2) is 10.1 Å². The summed E-state index contributed by atoms with van der Waals surface area (Å²) in [4.78, 5) is 3.79. The van der Waals surface area contributed by atoms with Gasteiger partial charge in [0, 0.05) is 6.42 Å². The van der Waals surface area contributed by atoms with Gasteiger partial charge in [-0.3, -0.25) is 0 Å². The minimum Gasteiger partial charge on any atom is -0.338 e. The smallest absolute Gasteiger partial charge is 0.263 e. The summed E-state index contributed by atoms with van der Waals surface area (Å²) in [5.41, 5.74) is 0. The van der Waals surface area contributed by atoms with Crippen LogP contribution in [0.1, 0.15) is 19.2 Å². The highest BCUT2D eigenvalue weighted by atomic mass is 35.5. The molecule has 0 fully saturated rings. The summed E-state index contributed by atoms with van der Waals surface area (Å²) in [6, 6.07) is 0. The number of hydrogen-bond acceptors (Lipinski definition) is 3. The van der Waals surface area contributed by atoms with Crippen molar-refractivity contribution >= 4 is 11.6 Å². The van der Waals surface area contributed by atoms with Crippen LogP contribution in [-0.2, 0) is 6.42 Å². The molecule has 4 heteroatoms. The summed E-state index contributed by atoms with van der Waals surface area (Å²) in [5.74, 6) is 0.613. The van der Waals surface area contributed by atoms with E-state index in [0.717, 1.165) is 12.8 Å². The molecule has 0 atom stereocenters. The third-order valence-electron chi connectivity index (χ3n) is 0.907. The van der Waals surface area contributed by atoms with Crippen LogP contribution in [0.4, 0.5) is 0 Å². The maximum Gasteiger partial charge on any atom is 0.263 e. The molecule has 0 saturated carbocycles. The molecule has 0 radical (unpaired) electrons. The molecule has 1 aromatic heterocycles. The average Bonchev–Trinajstić information content (AvgIpc) is 2.17. The minimum atomic E-state index is 0.193. The fraction of sp³-hybridized carbons (Fsp3) is 0.600. The largest absolute Gasteiger partial charge is 0.338 e. The maximum atomic E-state index is 5.38. The number of halogens is 1. The Morgan fingerprint density at radius 2 is 2.44 bits per heavy atom. The highest BCUT2D eigenvalue weighted by molar-refractivity contribution is 6.28. The third-order valence-corrected chi connectivity index (χ3v) is 1.06. The first-order chi connectivity index (χ1) is 4.33. The van der Waals surface area contributed by atoms with Gasteiger partial charge in [-0.05, 0) is 23.2 Å². The van der Waals surface area contributed by atoms with E-state index < -0.39 is 0 Å². The number of aryl methyl sites for hydroxylation is 1. The van der Waals surface area contributed by atoms with Crippen LogP contribution in [0.3, 0.4) is 0 Å². The van der Waals surface area contributed by atoms with E-state index in [0.29, 0.717) is 5.89 Å². The topological polar surface area (TPSA) is 38.9 Å². The van der Waals surface area contributed by atoms with Crippen molar-refractivity contribution in [3.63, 3.8) is 0 Å². The highest BCUT2D eigenvalue weighted by Crippen LogP contribution is 2.03. The van der Waals surface area contributed by atoms with Crippen LogP contribution in [0.5, 0.6) is 0 Å². The van der Waals surface area contributed by atoms with Gasteiger partial charge in [-0.2, -0.15) is 4.98 Å². The lowest BCUT2D eigenvalue weighted by Crippen LogP contribution is -1.79. The summed E-state index contributed by atoms with van der Waals surface area (Å²) in [6.45, 7) is 2.04. The molecule has 0 amide bonds. The van der Waals surface area contributed by atoms with Crippen molar-refractivity contribution in [3.8, 4) is 0 Å². The first kappa shape index (κ1) is 6.55. The summed E-state index contributed by atoms with van der Waals surface area (Å²) < 4.78 is 4.71. The Hall–Kier alpha value is -0.570. The first-order valence-corrected chi connectivity index (χ1v) is 3.19. The molecule has 0 aromatic carbocycles. The van der Waals surface area contributed by atoms with E-state index in [1.165, 1.54) is 0 Å². The molecule has 0 saturated heterocycles. The van der Waals surface area contributed by atoms with Crippen LogP contribution in [0, 0.1) is 0 Å². The Morgan fingerprint density at radius 1 is 1.67 bits per heavy atom. The van der Waals surface area contributed by atoms with Crippen LogP contribution in [0.25, 0.3) is 0 Å². The lowest BCUT2D eigenvalue weighted by molar-refractivity contribution is 0.376. The Morgan fingerprint density at radius 3 is 2.89 bits per heavy atom. The minimum absolute atomic E-state index is 0.193. The van der Waals surface area contributed by atoms with E-state index in [2.05, 4.69) is 10.1 Å². The van der Waals surface area contributed by atoms with E-state index in [1.54, 1.807) is 0 Å². The van der Waals surface area contributed by atoms with E-state index >= 15 is 0 Å². The fourth-order valence-electron chi connectivity index (χ4n) is 0.549. The van der Waals surface area contributed by atoms with Gasteiger partial charge in [-0.15, -0.1) is 0 Å². The SMILES string of the molecule is CCCc1nc(Cl)no1. The van der Waals surface area contributed by atoms with Crippen LogP contribution in [0.15, 0.2) is 4.52 Å². The maximum absolute atomic E-state index is 5.38. The molecule has 0 unspecified atom stereocenters. The normalized spacial score (nSPS) is 10.0. The van der Waals surface area contributed by atoms with E-state index in [-0.39, 0.29) is 5.28 Å². The Balaban J connectivity index is 2.61. The summed E-state index contributed by atoms with van der Waals surface area (Å²) in [5, 5.41) is 3.61. The van der Waals surface area contributed by atoms with Gasteiger partial charge in [-0.1, -0.05) is 6.92 Å². The number of nitrogens with zero attached hydrogens (tertiary/aromatic N) is 2. The van der Waals surface area contributed by atoms with Crippen molar-refractivity contribution in [1.29, 1.82) is 0 Å². The third kappa shape index (κ3) is 1.68. The molecule has 0 aliphatic heterocycles. The van der Waals surface area contributed by atoms with Gasteiger partial charge in [0.2, 0.25) is 5.89 Å². The molecular formula is C5H7ClN2O. The van der Waals surface area contributed by atoms with Crippen molar-refractivity contribution in [2.24, 2.45) is 0 Å². The molecule has 0 aliphatic rings. The van der Waals surface area contributed by atoms with Crippen molar-refractivity contribution < 1.29 is 4.52 Å². The van der Waals surface area contributed by atoms with Gasteiger partial charge < -0.3 is 4.52 Å². The van der Waals surface area contributed by atoms with Crippen LogP contribution >= 0.6 is 11.6 Å².